The predicted octanol–water partition coefficient (Wildman–Crippen LogP) is 3.55. The Morgan fingerprint density at radius 2 is 1.65 bits per heavy atom. The Labute approximate surface area is 119 Å². The van der Waals surface area contributed by atoms with Crippen molar-refractivity contribution in [1.29, 1.82) is 0 Å². The van der Waals surface area contributed by atoms with Gasteiger partial charge in [0.25, 0.3) is 0 Å². The molecule has 0 saturated heterocycles. The van der Waals surface area contributed by atoms with Crippen LogP contribution in [0, 0.1) is 6.92 Å². The largest absolute Gasteiger partial charge is 0.264 e. The van der Waals surface area contributed by atoms with E-state index in [1.54, 1.807) is 6.20 Å². The molecule has 3 rings (SSSR count). The van der Waals surface area contributed by atoms with Gasteiger partial charge >= 0.3 is 0 Å². The maximum absolute atomic E-state index is 4.21. The fourth-order valence-corrected chi connectivity index (χ4v) is 2.52. The second-order valence-corrected chi connectivity index (χ2v) is 4.91. The fraction of sp³-hybridized carbons (Fsp3) is 0.111. The number of hydrogen-bond donors (Lipinski definition) is 0. The molecule has 0 atom stereocenters. The van der Waals surface area contributed by atoms with Crippen LogP contribution in [-0.2, 0) is 7.05 Å². The third-order valence-electron chi connectivity index (χ3n) is 3.61. The highest BCUT2D eigenvalue weighted by Crippen LogP contribution is 2.22. The SMILES string of the molecule is Cc1ccccc1-c1cccc(-c2cccnc2)[n+]1C. The van der Waals surface area contributed by atoms with Gasteiger partial charge < -0.3 is 0 Å². The van der Waals surface area contributed by atoms with Crippen LogP contribution < -0.4 is 4.57 Å². The molecule has 2 aromatic heterocycles. The predicted molar refractivity (Wildman–Crippen MR) is 81.0 cm³/mol. The summed E-state index contributed by atoms with van der Waals surface area (Å²) in [6, 6.07) is 18.9. The fourth-order valence-electron chi connectivity index (χ4n) is 2.52. The van der Waals surface area contributed by atoms with Crippen molar-refractivity contribution in [1.82, 2.24) is 4.98 Å². The summed E-state index contributed by atoms with van der Waals surface area (Å²) in [5.41, 5.74) is 6.06. The Balaban J connectivity index is 2.19. The maximum atomic E-state index is 4.21. The number of benzene rings is 1. The Bertz CT molecular complexity index is 733. The van der Waals surface area contributed by atoms with Crippen molar-refractivity contribution in [2.45, 2.75) is 6.92 Å². The first-order valence-electron chi connectivity index (χ1n) is 6.73. The number of hydrogen-bond acceptors (Lipinski definition) is 1. The highest BCUT2D eigenvalue weighted by atomic mass is 14.9. The van der Waals surface area contributed by atoms with Crippen molar-refractivity contribution in [2.24, 2.45) is 7.05 Å². The third-order valence-corrected chi connectivity index (χ3v) is 3.61. The summed E-state index contributed by atoms with van der Waals surface area (Å²) < 4.78 is 2.22. The van der Waals surface area contributed by atoms with Crippen molar-refractivity contribution in [3.8, 4) is 22.5 Å². The molecular formula is C18H17N2+. The van der Waals surface area contributed by atoms with Gasteiger partial charge in [-0.2, -0.15) is 4.57 Å². The molecule has 2 heterocycles. The molecule has 98 valence electrons. The van der Waals surface area contributed by atoms with Gasteiger partial charge in [0.1, 0.15) is 7.05 Å². The van der Waals surface area contributed by atoms with Gasteiger partial charge in [-0.05, 0) is 36.8 Å². The monoisotopic (exact) mass is 261 g/mol. The average Bonchev–Trinajstić information content (AvgIpc) is 2.49. The molecule has 0 unspecified atom stereocenters. The summed E-state index contributed by atoms with van der Waals surface area (Å²) in [6.07, 6.45) is 3.70. The lowest BCUT2D eigenvalue weighted by atomic mass is 10.0. The van der Waals surface area contributed by atoms with Crippen LogP contribution in [0.3, 0.4) is 0 Å². The van der Waals surface area contributed by atoms with E-state index in [-0.39, 0.29) is 0 Å². The van der Waals surface area contributed by atoms with Crippen molar-refractivity contribution in [3.05, 3.63) is 72.6 Å². The molecule has 0 amide bonds. The molecule has 3 aromatic rings. The number of aryl methyl sites for hydroxylation is 1. The summed E-state index contributed by atoms with van der Waals surface area (Å²) in [7, 11) is 2.10. The molecule has 0 radical (unpaired) electrons. The number of nitrogens with zero attached hydrogens (tertiary/aromatic N) is 2. The molecule has 0 spiro atoms. The van der Waals surface area contributed by atoms with E-state index in [1.165, 1.54) is 22.5 Å². The summed E-state index contributed by atoms with van der Waals surface area (Å²) in [6.45, 7) is 2.14. The number of pyridine rings is 2. The molecular weight excluding hydrogens is 244 g/mol. The van der Waals surface area contributed by atoms with Gasteiger partial charge in [-0.3, -0.25) is 4.98 Å². The molecule has 0 N–H and O–H groups in total. The van der Waals surface area contributed by atoms with E-state index in [9.17, 15) is 0 Å². The van der Waals surface area contributed by atoms with E-state index < -0.39 is 0 Å². The lowest BCUT2D eigenvalue weighted by molar-refractivity contribution is -0.649. The molecule has 1 aromatic carbocycles. The van der Waals surface area contributed by atoms with E-state index in [2.05, 4.69) is 72.1 Å². The van der Waals surface area contributed by atoms with Gasteiger partial charge in [-0.25, -0.2) is 0 Å². The normalized spacial score (nSPS) is 10.5. The van der Waals surface area contributed by atoms with E-state index in [1.807, 2.05) is 12.3 Å². The van der Waals surface area contributed by atoms with Crippen LogP contribution in [0.5, 0.6) is 0 Å². The quantitative estimate of drug-likeness (QED) is 0.645. The Kier molecular flexibility index (Phi) is 3.30. The van der Waals surface area contributed by atoms with Crippen LogP contribution in [0.2, 0.25) is 0 Å². The third kappa shape index (κ3) is 2.21. The molecule has 2 heteroatoms. The Morgan fingerprint density at radius 3 is 2.40 bits per heavy atom. The molecule has 0 bridgehead atoms. The molecule has 0 aliphatic rings. The van der Waals surface area contributed by atoms with E-state index in [4.69, 9.17) is 0 Å². The zero-order chi connectivity index (χ0) is 13.9. The van der Waals surface area contributed by atoms with Crippen LogP contribution >= 0.6 is 0 Å². The van der Waals surface area contributed by atoms with E-state index >= 15 is 0 Å². The minimum atomic E-state index is 1.13. The summed E-state index contributed by atoms with van der Waals surface area (Å²) in [5.74, 6) is 0. The van der Waals surface area contributed by atoms with Crippen LogP contribution in [0.4, 0.5) is 0 Å². The first-order valence-corrected chi connectivity index (χ1v) is 6.73. The van der Waals surface area contributed by atoms with E-state index in [0.29, 0.717) is 0 Å². The first-order chi connectivity index (χ1) is 9.77. The van der Waals surface area contributed by atoms with Crippen molar-refractivity contribution < 1.29 is 4.57 Å². The highest BCUT2D eigenvalue weighted by molar-refractivity contribution is 5.63. The van der Waals surface area contributed by atoms with Crippen molar-refractivity contribution in [3.63, 3.8) is 0 Å². The van der Waals surface area contributed by atoms with Crippen molar-refractivity contribution in [2.75, 3.05) is 0 Å². The van der Waals surface area contributed by atoms with Crippen molar-refractivity contribution >= 4 is 0 Å². The minimum Gasteiger partial charge on any atom is -0.264 e. The molecule has 2 nitrogen and oxygen atoms in total. The lowest BCUT2D eigenvalue weighted by Crippen LogP contribution is -2.34. The Morgan fingerprint density at radius 1 is 0.850 bits per heavy atom. The zero-order valence-corrected chi connectivity index (χ0v) is 11.7. The van der Waals surface area contributed by atoms with E-state index in [0.717, 1.165) is 5.56 Å². The van der Waals surface area contributed by atoms with Crippen LogP contribution in [0.1, 0.15) is 5.56 Å². The lowest BCUT2D eigenvalue weighted by Gasteiger charge is -2.07. The van der Waals surface area contributed by atoms with Gasteiger partial charge in [0.15, 0.2) is 0 Å². The van der Waals surface area contributed by atoms with Gasteiger partial charge in [0.05, 0.1) is 5.56 Å². The maximum Gasteiger partial charge on any atom is 0.214 e. The first kappa shape index (κ1) is 12.5. The van der Waals surface area contributed by atoms with Gasteiger partial charge in [-0.1, -0.05) is 18.2 Å². The number of aromatic nitrogens is 2. The number of rotatable bonds is 2. The van der Waals surface area contributed by atoms with Crippen LogP contribution in [-0.4, -0.2) is 4.98 Å². The van der Waals surface area contributed by atoms with Gasteiger partial charge in [0.2, 0.25) is 11.4 Å². The topological polar surface area (TPSA) is 16.8 Å². The molecule has 0 aliphatic carbocycles. The molecule has 0 saturated carbocycles. The Hall–Kier alpha value is -2.48. The van der Waals surface area contributed by atoms with Gasteiger partial charge in [0, 0.05) is 30.1 Å². The minimum absolute atomic E-state index is 1.13. The van der Waals surface area contributed by atoms with Crippen LogP contribution in [0.15, 0.2) is 67.0 Å². The summed E-state index contributed by atoms with van der Waals surface area (Å²) in [4.78, 5) is 4.21. The molecule has 0 aliphatic heterocycles. The summed E-state index contributed by atoms with van der Waals surface area (Å²) >= 11 is 0. The van der Waals surface area contributed by atoms with Crippen LogP contribution in [0.25, 0.3) is 22.5 Å². The zero-order valence-electron chi connectivity index (χ0n) is 11.7. The summed E-state index contributed by atoms with van der Waals surface area (Å²) in [5, 5.41) is 0. The second-order valence-electron chi connectivity index (χ2n) is 4.91. The smallest absolute Gasteiger partial charge is 0.214 e. The average molecular weight is 261 g/mol. The molecule has 0 fully saturated rings. The molecule has 20 heavy (non-hydrogen) atoms. The standard InChI is InChI=1S/C18H17N2/c1-14-7-3-4-9-16(14)18-11-5-10-17(20(18)2)15-8-6-12-19-13-15/h3-13H,1-2H3/q+1. The van der Waals surface area contributed by atoms with Gasteiger partial charge in [-0.15, -0.1) is 0 Å². The highest BCUT2D eigenvalue weighted by Gasteiger charge is 2.16. The second kappa shape index (κ2) is 5.25.